The molecule has 0 amide bonds. The molecule has 0 fully saturated rings. The number of halogens is 1. The largest absolute Gasteiger partial charge is 0.507 e. The number of aliphatic imine (C=N–C) groups is 1. The molecular formula is C14H13ClN2O. The van der Waals surface area contributed by atoms with E-state index >= 15 is 0 Å². The standard InChI is InChI=1S/C14H13ClN2O/c1-10-6-14(18)11(7-13(10)15)8-16-9-12-4-2-3-5-17-12/h2-8,18H,9H2,1H3. The highest BCUT2D eigenvalue weighted by Gasteiger charge is 2.02. The topological polar surface area (TPSA) is 45.5 Å². The molecule has 92 valence electrons. The highest BCUT2D eigenvalue weighted by Crippen LogP contribution is 2.24. The van der Waals surface area contributed by atoms with Gasteiger partial charge in [-0.25, -0.2) is 0 Å². The van der Waals surface area contributed by atoms with Crippen LogP contribution in [0.5, 0.6) is 5.75 Å². The Labute approximate surface area is 111 Å². The Morgan fingerprint density at radius 3 is 2.94 bits per heavy atom. The number of aromatic nitrogens is 1. The molecule has 1 N–H and O–H groups in total. The summed E-state index contributed by atoms with van der Waals surface area (Å²) in [6, 6.07) is 9.01. The smallest absolute Gasteiger partial charge is 0.124 e. The van der Waals surface area contributed by atoms with Gasteiger partial charge < -0.3 is 5.11 Å². The van der Waals surface area contributed by atoms with Gasteiger partial charge in [0.05, 0.1) is 12.2 Å². The average Bonchev–Trinajstić information content (AvgIpc) is 2.37. The fourth-order valence-electron chi connectivity index (χ4n) is 1.51. The highest BCUT2D eigenvalue weighted by atomic mass is 35.5. The lowest BCUT2D eigenvalue weighted by Gasteiger charge is -2.02. The summed E-state index contributed by atoms with van der Waals surface area (Å²) in [5, 5.41) is 10.4. The maximum atomic E-state index is 9.75. The summed E-state index contributed by atoms with van der Waals surface area (Å²) in [5.41, 5.74) is 2.34. The molecule has 0 atom stereocenters. The quantitative estimate of drug-likeness (QED) is 0.860. The molecule has 2 aromatic rings. The Morgan fingerprint density at radius 1 is 1.39 bits per heavy atom. The molecule has 0 aliphatic carbocycles. The lowest BCUT2D eigenvalue weighted by atomic mass is 10.1. The van der Waals surface area contributed by atoms with Gasteiger partial charge in [-0.3, -0.25) is 9.98 Å². The summed E-state index contributed by atoms with van der Waals surface area (Å²) >= 11 is 6.00. The first kappa shape index (κ1) is 12.6. The molecule has 1 aromatic heterocycles. The second kappa shape index (κ2) is 5.65. The van der Waals surface area contributed by atoms with Crippen molar-refractivity contribution in [3.8, 4) is 5.75 Å². The molecule has 1 heterocycles. The number of aromatic hydroxyl groups is 1. The SMILES string of the molecule is Cc1cc(O)c(C=NCc2ccccn2)cc1Cl. The van der Waals surface area contributed by atoms with Gasteiger partial charge in [-0.1, -0.05) is 17.7 Å². The van der Waals surface area contributed by atoms with Crippen LogP contribution < -0.4 is 0 Å². The Bertz CT molecular complexity index is 568. The van der Waals surface area contributed by atoms with Crippen LogP contribution in [0.2, 0.25) is 5.02 Å². The number of phenols is 1. The van der Waals surface area contributed by atoms with Crippen molar-refractivity contribution in [1.82, 2.24) is 4.98 Å². The number of hydrogen-bond donors (Lipinski definition) is 1. The predicted molar refractivity (Wildman–Crippen MR) is 73.4 cm³/mol. The summed E-state index contributed by atoms with van der Waals surface area (Å²) in [7, 11) is 0. The molecule has 4 heteroatoms. The number of benzene rings is 1. The van der Waals surface area contributed by atoms with E-state index in [-0.39, 0.29) is 5.75 Å². The van der Waals surface area contributed by atoms with Gasteiger partial charge in [0.15, 0.2) is 0 Å². The minimum Gasteiger partial charge on any atom is -0.507 e. The molecule has 0 aliphatic rings. The van der Waals surface area contributed by atoms with Crippen LogP contribution in [0.1, 0.15) is 16.8 Å². The van der Waals surface area contributed by atoms with Crippen molar-refractivity contribution in [3.63, 3.8) is 0 Å². The highest BCUT2D eigenvalue weighted by molar-refractivity contribution is 6.31. The van der Waals surface area contributed by atoms with Gasteiger partial charge in [0.2, 0.25) is 0 Å². The van der Waals surface area contributed by atoms with Crippen LogP contribution in [0.4, 0.5) is 0 Å². The van der Waals surface area contributed by atoms with Crippen molar-refractivity contribution in [3.05, 3.63) is 58.4 Å². The molecule has 3 nitrogen and oxygen atoms in total. The van der Waals surface area contributed by atoms with Crippen molar-refractivity contribution < 1.29 is 5.11 Å². The summed E-state index contributed by atoms with van der Waals surface area (Å²) in [5.74, 6) is 0.182. The first-order chi connectivity index (χ1) is 8.66. The summed E-state index contributed by atoms with van der Waals surface area (Å²) in [6.45, 7) is 2.32. The average molecular weight is 261 g/mol. The third kappa shape index (κ3) is 3.08. The predicted octanol–water partition coefficient (Wildman–Crippen LogP) is 3.37. The maximum absolute atomic E-state index is 9.75. The number of phenolic OH excluding ortho intramolecular Hbond substituents is 1. The first-order valence-corrected chi connectivity index (χ1v) is 5.93. The van der Waals surface area contributed by atoms with E-state index in [9.17, 15) is 5.11 Å². The van der Waals surface area contributed by atoms with Crippen molar-refractivity contribution in [1.29, 1.82) is 0 Å². The Balaban J connectivity index is 2.12. The van der Waals surface area contributed by atoms with Crippen LogP contribution in [0, 0.1) is 6.92 Å². The van der Waals surface area contributed by atoms with Gasteiger partial charge in [0, 0.05) is 23.0 Å². The number of nitrogens with zero attached hydrogens (tertiary/aromatic N) is 2. The molecule has 0 radical (unpaired) electrons. The van der Waals surface area contributed by atoms with Crippen LogP contribution in [0.3, 0.4) is 0 Å². The zero-order chi connectivity index (χ0) is 13.0. The van der Waals surface area contributed by atoms with Crippen molar-refractivity contribution >= 4 is 17.8 Å². The summed E-state index contributed by atoms with van der Waals surface area (Å²) in [4.78, 5) is 8.40. The molecule has 0 spiro atoms. The Morgan fingerprint density at radius 2 is 2.22 bits per heavy atom. The van der Waals surface area contributed by atoms with E-state index in [0.717, 1.165) is 11.3 Å². The first-order valence-electron chi connectivity index (χ1n) is 5.55. The number of hydrogen-bond acceptors (Lipinski definition) is 3. The summed E-state index contributed by atoms with van der Waals surface area (Å²) in [6.07, 6.45) is 3.33. The molecule has 18 heavy (non-hydrogen) atoms. The molecule has 2 rings (SSSR count). The van der Waals surface area contributed by atoms with Crippen LogP contribution >= 0.6 is 11.6 Å². The number of pyridine rings is 1. The van der Waals surface area contributed by atoms with E-state index in [0.29, 0.717) is 17.1 Å². The lowest BCUT2D eigenvalue weighted by Crippen LogP contribution is -1.89. The van der Waals surface area contributed by atoms with E-state index in [4.69, 9.17) is 11.6 Å². The van der Waals surface area contributed by atoms with Gasteiger partial charge in [0.25, 0.3) is 0 Å². The van der Waals surface area contributed by atoms with E-state index in [1.54, 1.807) is 24.5 Å². The van der Waals surface area contributed by atoms with Gasteiger partial charge in [-0.2, -0.15) is 0 Å². The minimum atomic E-state index is 0.182. The molecule has 0 unspecified atom stereocenters. The monoisotopic (exact) mass is 260 g/mol. The zero-order valence-corrected chi connectivity index (χ0v) is 10.7. The number of aryl methyl sites for hydroxylation is 1. The second-order valence-electron chi connectivity index (χ2n) is 3.95. The van der Waals surface area contributed by atoms with E-state index in [2.05, 4.69) is 9.98 Å². The van der Waals surface area contributed by atoms with Gasteiger partial charge in [-0.15, -0.1) is 0 Å². The van der Waals surface area contributed by atoms with Crippen molar-refractivity contribution in [2.45, 2.75) is 13.5 Å². The Hall–Kier alpha value is -1.87. The lowest BCUT2D eigenvalue weighted by molar-refractivity contribution is 0.474. The fourth-order valence-corrected chi connectivity index (χ4v) is 1.69. The maximum Gasteiger partial charge on any atom is 0.124 e. The summed E-state index contributed by atoms with van der Waals surface area (Å²) < 4.78 is 0. The van der Waals surface area contributed by atoms with Gasteiger partial charge in [0.1, 0.15) is 5.75 Å². The van der Waals surface area contributed by atoms with E-state index < -0.39 is 0 Å². The third-order valence-electron chi connectivity index (χ3n) is 2.52. The Kier molecular flexibility index (Phi) is 3.95. The molecule has 0 aliphatic heterocycles. The minimum absolute atomic E-state index is 0.182. The zero-order valence-electron chi connectivity index (χ0n) is 9.97. The fraction of sp³-hybridized carbons (Fsp3) is 0.143. The number of rotatable bonds is 3. The van der Waals surface area contributed by atoms with Crippen LogP contribution in [-0.2, 0) is 6.54 Å². The molecular weight excluding hydrogens is 248 g/mol. The molecule has 0 bridgehead atoms. The van der Waals surface area contributed by atoms with Gasteiger partial charge >= 0.3 is 0 Å². The van der Waals surface area contributed by atoms with Crippen LogP contribution in [-0.4, -0.2) is 16.3 Å². The van der Waals surface area contributed by atoms with E-state index in [1.165, 1.54) is 0 Å². The van der Waals surface area contributed by atoms with Gasteiger partial charge in [-0.05, 0) is 36.8 Å². The normalized spacial score (nSPS) is 11.0. The van der Waals surface area contributed by atoms with E-state index in [1.807, 2.05) is 25.1 Å². The van der Waals surface area contributed by atoms with Crippen molar-refractivity contribution in [2.75, 3.05) is 0 Å². The molecule has 1 aromatic carbocycles. The van der Waals surface area contributed by atoms with Crippen LogP contribution in [0.15, 0.2) is 41.5 Å². The third-order valence-corrected chi connectivity index (χ3v) is 2.92. The van der Waals surface area contributed by atoms with Crippen molar-refractivity contribution in [2.24, 2.45) is 4.99 Å². The molecule has 0 saturated heterocycles. The second-order valence-corrected chi connectivity index (χ2v) is 4.36. The van der Waals surface area contributed by atoms with Crippen LogP contribution in [0.25, 0.3) is 0 Å². The molecule has 0 saturated carbocycles.